The fraction of sp³-hybridized carbons (Fsp3) is 0.588. The van der Waals surface area contributed by atoms with Gasteiger partial charge >= 0.3 is 0 Å². The lowest BCUT2D eigenvalue weighted by molar-refractivity contribution is 0.0912. The lowest BCUT2D eigenvalue weighted by Crippen LogP contribution is -2.40. The van der Waals surface area contributed by atoms with E-state index in [1.165, 1.54) is 6.20 Å². The Morgan fingerprint density at radius 1 is 1.44 bits per heavy atom. The number of nitrogens with zero attached hydrogens (tertiary/aromatic N) is 4. The summed E-state index contributed by atoms with van der Waals surface area (Å²) in [7, 11) is 0. The first-order valence-corrected chi connectivity index (χ1v) is 8.77. The molecule has 0 bridgehead atoms. The fourth-order valence-electron chi connectivity index (χ4n) is 3.64. The molecule has 4 heterocycles. The zero-order valence-electron chi connectivity index (χ0n) is 14.4. The molecule has 4 rings (SSSR count). The Labute approximate surface area is 146 Å². The Balaban J connectivity index is 1.40. The molecule has 1 saturated heterocycles. The molecule has 1 fully saturated rings. The van der Waals surface area contributed by atoms with Gasteiger partial charge in [-0.1, -0.05) is 5.16 Å². The molecule has 2 aliphatic rings. The number of carbonyl (C=O) groups is 1. The Bertz CT molecular complexity index is 721. The predicted molar refractivity (Wildman–Crippen MR) is 88.8 cm³/mol. The molecule has 8 heteroatoms. The van der Waals surface area contributed by atoms with E-state index in [4.69, 9.17) is 9.26 Å². The van der Waals surface area contributed by atoms with Gasteiger partial charge in [0, 0.05) is 32.3 Å². The molecule has 0 aliphatic carbocycles. The van der Waals surface area contributed by atoms with E-state index in [-0.39, 0.29) is 17.7 Å². The molecule has 2 aliphatic heterocycles. The van der Waals surface area contributed by atoms with E-state index in [1.807, 2.05) is 6.20 Å². The first kappa shape index (κ1) is 16.3. The van der Waals surface area contributed by atoms with Gasteiger partial charge in [-0.2, -0.15) is 0 Å². The summed E-state index contributed by atoms with van der Waals surface area (Å²) in [5, 5.41) is 6.41. The van der Waals surface area contributed by atoms with Crippen LogP contribution in [0.1, 0.15) is 41.5 Å². The molecule has 134 valence electrons. The minimum Gasteiger partial charge on any atom is -0.381 e. The monoisotopic (exact) mass is 345 g/mol. The summed E-state index contributed by atoms with van der Waals surface area (Å²) in [6.07, 6.45) is 4.46. The van der Waals surface area contributed by atoms with Crippen molar-refractivity contribution in [3.05, 3.63) is 35.7 Å². The number of fused-ring (bicyclic) bond motifs is 1. The zero-order chi connectivity index (χ0) is 17.2. The summed E-state index contributed by atoms with van der Waals surface area (Å²) < 4.78 is 12.6. The third-order valence-corrected chi connectivity index (χ3v) is 5.11. The molecule has 25 heavy (non-hydrogen) atoms. The highest BCUT2D eigenvalue weighted by atomic mass is 16.5. The third kappa shape index (κ3) is 3.32. The summed E-state index contributed by atoms with van der Waals surface area (Å²) >= 11 is 0. The van der Waals surface area contributed by atoms with Crippen molar-refractivity contribution in [1.29, 1.82) is 0 Å². The largest absolute Gasteiger partial charge is 0.381 e. The van der Waals surface area contributed by atoms with Gasteiger partial charge in [0.15, 0.2) is 0 Å². The van der Waals surface area contributed by atoms with E-state index in [9.17, 15) is 4.79 Å². The number of hydrogen-bond acceptors (Lipinski definition) is 6. The SMILES string of the molecule is CC1c2ncc(CNC(=O)c3ccno3)n2CCN1CC1CCOC1. The third-order valence-electron chi connectivity index (χ3n) is 5.11. The van der Waals surface area contributed by atoms with Crippen molar-refractivity contribution in [2.75, 3.05) is 26.3 Å². The molecular weight excluding hydrogens is 322 g/mol. The number of imidazole rings is 1. The molecule has 0 saturated carbocycles. The van der Waals surface area contributed by atoms with Gasteiger partial charge in [0.25, 0.3) is 5.91 Å². The Hall–Kier alpha value is -2.19. The highest BCUT2D eigenvalue weighted by Gasteiger charge is 2.29. The molecular formula is C17H23N5O3. The second-order valence-corrected chi connectivity index (χ2v) is 6.72. The molecule has 2 atom stereocenters. The van der Waals surface area contributed by atoms with Crippen LogP contribution in [0, 0.1) is 5.92 Å². The van der Waals surface area contributed by atoms with Crippen LogP contribution in [0.2, 0.25) is 0 Å². The maximum atomic E-state index is 12.0. The van der Waals surface area contributed by atoms with Crippen LogP contribution in [0.15, 0.2) is 23.0 Å². The van der Waals surface area contributed by atoms with Crippen LogP contribution in [-0.4, -0.2) is 51.8 Å². The average molecular weight is 345 g/mol. The standard InChI is InChI=1S/C17H23N5O3/c1-12-16-18-8-14(9-19-17(23)15-2-4-20-25-15)22(16)6-5-21(12)10-13-3-7-24-11-13/h2,4,8,12-13H,3,5-7,9-11H2,1H3,(H,19,23). The first-order chi connectivity index (χ1) is 12.2. The van der Waals surface area contributed by atoms with Crippen molar-refractivity contribution < 1.29 is 14.1 Å². The lowest BCUT2D eigenvalue weighted by atomic mass is 10.1. The van der Waals surface area contributed by atoms with Gasteiger partial charge in [0.1, 0.15) is 5.82 Å². The lowest BCUT2D eigenvalue weighted by Gasteiger charge is -2.35. The summed E-state index contributed by atoms with van der Waals surface area (Å²) in [5.74, 6) is 1.65. The van der Waals surface area contributed by atoms with Gasteiger partial charge in [0.05, 0.1) is 37.3 Å². The average Bonchev–Trinajstić information content (AvgIpc) is 3.37. The zero-order valence-corrected chi connectivity index (χ0v) is 14.4. The Morgan fingerprint density at radius 2 is 2.36 bits per heavy atom. The smallest absolute Gasteiger partial charge is 0.290 e. The normalized spacial score (nSPS) is 23.6. The number of aromatic nitrogens is 3. The molecule has 0 aromatic carbocycles. The van der Waals surface area contributed by atoms with Gasteiger partial charge in [-0.25, -0.2) is 4.98 Å². The number of nitrogens with one attached hydrogen (secondary N) is 1. The molecule has 2 unspecified atom stereocenters. The van der Waals surface area contributed by atoms with Gasteiger partial charge in [0.2, 0.25) is 5.76 Å². The van der Waals surface area contributed by atoms with Gasteiger partial charge in [-0.15, -0.1) is 0 Å². The minimum atomic E-state index is -0.264. The van der Waals surface area contributed by atoms with Crippen LogP contribution in [0.3, 0.4) is 0 Å². The van der Waals surface area contributed by atoms with Crippen molar-refractivity contribution in [2.24, 2.45) is 5.92 Å². The summed E-state index contributed by atoms with van der Waals surface area (Å²) in [6.45, 7) is 7.32. The van der Waals surface area contributed by atoms with Crippen LogP contribution in [0.5, 0.6) is 0 Å². The predicted octanol–water partition coefficient (Wildman–Crippen LogP) is 1.21. The van der Waals surface area contributed by atoms with Crippen LogP contribution >= 0.6 is 0 Å². The van der Waals surface area contributed by atoms with E-state index in [2.05, 4.69) is 31.8 Å². The highest BCUT2D eigenvalue weighted by molar-refractivity contribution is 5.91. The Kier molecular flexibility index (Phi) is 4.54. The fourth-order valence-corrected chi connectivity index (χ4v) is 3.64. The molecule has 2 aromatic rings. The quantitative estimate of drug-likeness (QED) is 0.877. The number of hydrogen-bond donors (Lipinski definition) is 1. The van der Waals surface area contributed by atoms with Crippen LogP contribution < -0.4 is 5.32 Å². The number of amides is 1. The number of rotatable bonds is 5. The second-order valence-electron chi connectivity index (χ2n) is 6.72. The maximum absolute atomic E-state index is 12.0. The summed E-state index contributed by atoms with van der Waals surface area (Å²) in [5.41, 5.74) is 1.01. The van der Waals surface area contributed by atoms with Gasteiger partial charge in [-0.3, -0.25) is 9.69 Å². The molecule has 1 amide bonds. The maximum Gasteiger partial charge on any atom is 0.290 e. The molecule has 2 aromatic heterocycles. The topological polar surface area (TPSA) is 85.4 Å². The van der Waals surface area contributed by atoms with Crippen molar-refractivity contribution in [3.63, 3.8) is 0 Å². The second kappa shape index (κ2) is 6.97. The summed E-state index contributed by atoms with van der Waals surface area (Å²) in [6, 6.07) is 1.82. The van der Waals surface area contributed by atoms with Crippen molar-refractivity contribution in [2.45, 2.75) is 32.5 Å². The van der Waals surface area contributed by atoms with E-state index in [0.717, 1.165) is 50.8 Å². The number of carbonyl (C=O) groups excluding carboxylic acids is 1. The van der Waals surface area contributed by atoms with Crippen LogP contribution in [-0.2, 0) is 17.8 Å². The van der Waals surface area contributed by atoms with Gasteiger partial charge < -0.3 is 19.1 Å². The van der Waals surface area contributed by atoms with Crippen molar-refractivity contribution in [1.82, 2.24) is 24.9 Å². The van der Waals surface area contributed by atoms with E-state index in [0.29, 0.717) is 12.5 Å². The van der Waals surface area contributed by atoms with E-state index >= 15 is 0 Å². The van der Waals surface area contributed by atoms with E-state index in [1.54, 1.807) is 6.07 Å². The highest BCUT2D eigenvalue weighted by Crippen LogP contribution is 2.27. The number of ether oxygens (including phenoxy) is 1. The minimum absolute atomic E-state index is 0.219. The summed E-state index contributed by atoms with van der Waals surface area (Å²) in [4.78, 5) is 19.1. The molecule has 0 radical (unpaired) electrons. The van der Waals surface area contributed by atoms with Crippen LogP contribution in [0.25, 0.3) is 0 Å². The van der Waals surface area contributed by atoms with Crippen molar-refractivity contribution in [3.8, 4) is 0 Å². The van der Waals surface area contributed by atoms with Crippen molar-refractivity contribution >= 4 is 5.91 Å². The first-order valence-electron chi connectivity index (χ1n) is 8.77. The molecule has 1 N–H and O–H groups in total. The Morgan fingerprint density at radius 3 is 3.12 bits per heavy atom. The van der Waals surface area contributed by atoms with Crippen LogP contribution in [0.4, 0.5) is 0 Å². The van der Waals surface area contributed by atoms with E-state index < -0.39 is 0 Å². The molecule has 0 spiro atoms. The molecule has 8 nitrogen and oxygen atoms in total. The van der Waals surface area contributed by atoms with Gasteiger partial charge in [-0.05, 0) is 19.3 Å².